The molecule has 2 aromatic heterocycles. The Bertz CT molecular complexity index is 1010. The van der Waals surface area contributed by atoms with Gasteiger partial charge in [0, 0.05) is 11.3 Å². The molecule has 8 heteroatoms. The zero-order chi connectivity index (χ0) is 18.6. The summed E-state index contributed by atoms with van der Waals surface area (Å²) >= 11 is 3.04. The van der Waals surface area contributed by atoms with Gasteiger partial charge in [0.25, 0.3) is 0 Å². The van der Waals surface area contributed by atoms with E-state index in [4.69, 9.17) is 4.42 Å². The third-order valence-corrected chi connectivity index (χ3v) is 5.81. The molecule has 4 rings (SSSR count). The number of hydrogen-bond donors (Lipinski definition) is 1. The molecule has 0 spiro atoms. The molecule has 136 valence electrons. The lowest BCUT2D eigenvalue weighted by Crippen LogP contribution is -1.88. The first-order valence-electron chi connectivity index (χ1n) is 8.40. The van der Waals surface area contributed by atoms with Crippen molar-refractivity contribution in [3.05, 3.63) is 66.1 Å². The topological polar surface area (TPSA) is 76.7 Å². The Morgan fingerprint density at radius 2 is 1.74 bits per heavy atom. The second-order valence-electron chi connectivity index (χ2n) is 5.94. The van der Waals surface area contributed by atoms with E-state index in [-0.39, 0.29) is 5.25 Å². The zero-order valence-corrected chi connectivity index (χ0v) is 16.4. The summed E-state index contributed by atoms with van der Waals surface area (Å²) in [5, 5.41) is 20.8. The predicted octanol–water partition coefficient (Wildman–Crippen LogP) is 5.49. The smallest absolute Gasteiger partial charge is 0.247 e. The fraction of sp³-hybridized carbons (Fsp3) is 0.158. The van der Waals surface area contributed by atoms with E-state index in [2.05, 4.69) is 25.7 Å². The minimum Gasteiger partial charge on any atom is -0.419 e. The number of aromatic nitrogens is 4. The molecule has 0 amide bonds. The SMILES string of the molecule is Cc1ccc(-c2nnc([C@H](C)Sc3nnc(Nc4ccccc4)s3)o2)cc1. The van der Waals surface area contributed by atoms with Crippen molar-refractivity contribution in [1.82, 2.24) is 20.4 Å². The highest BCUT2D eigenvalue weighted by Gasteiger charge is 2.18. The zero-order valence-electron chi connectivity index (χ0n) is 14.8. The van der Waals surface area contributed by atoms with Crippen molar-refractivity contribution in [1.29, 1.82) is 0 Å². The van der Waals surface area contributed by atoms with E-state index in [1.807, 2.05) is 68.4 Å². The Balaban J connectivity index is 1.42. The Kier molecular flexibility index (Phi) is 5.17. The van der Waals surface area contributed by atoms with Gasteiger partial charge in [-0.15, -0.1) is 20.4 Å². The fourth-order valence-corrected chi connectivity index (χ4v) is 4.31. The Morgan fingerprint density at radius 3 is 2.52 bits per heavy atom. The largest absolute Gasteiger partial charge is 0.419 e. The fourth-order valence-electron chi connectivity index (χ4n) is 2.37. The molecule has 1 atom stereocenters. The van der Waals surface area contributed by atoms with Gasteiger partial charge in [-0.1, -0.05) is 59.0 Å². The normalized spacial score (nSPS) is 12.1. The maximum Gasteiger partial charge on any atom is 0.247 e. The minimum absolute atomic E-state index is 0.0192. The highest BCUT2D eigenvalue weighted by atomic mass is 32.2. The van der Waals surface area contributed by atoms with Crippen molar-refractivity contribution < 1.29 is 4.42 Å². The Morgan fingerprint density at radius 1 is 0.963 bits per heavy atom. The molecule has 6 nitrogen and oxygen atoms in total. The van der Waals surface area contributed by atoms with Gasteiger partial charge in [-0.05, 0) is 38.1 Å². The third-order valence-electron chi connectivity index (χ3n) is 3.80. The van der Waals surface area contributed by atoms with E-state index in [0.29, 0.717) is 11.8 Å². The van der Waals surface area contributed by atoms with Crippen LogP contribution in [0, 0.1) is 6.92 Å². The van der Waals surface area contributed by atoms with Gasteiger partial charge in [0.15, 0.2) is 4.34 Å². The van der Waals surface area contributed by atoms with Crippen LogP contribution in [0.1, 0.15) is 23.6 Å². The van der Waals surface area contributed by atoms with Gasteiger partial charge in [-0.2, -0.15) is 0 Å². The van der Waals surface area contributed by atoms with E-state index >= 15 is 0 Å². The van der Waals surface area contributed by atoms with Gasteiger partial charge < -0.3 is 9.73 Å². The van der Waals surface area contributed by atoms with Crippen LogP contribution in [0.2, 0.25) is 0 Å². The molecule has 1 N–H and O–H groups in total. The molecule has 4 aromatic rings. The molecule has 0 aliphatic carbocycles. The maximum atomic E-state index is 5.84. The van der Waals surface area contributed by atoms with Crippen LogP contribution >= 0.6 is 23.1 Å². The number of anilines is 2. The summed E-state index contributed by atoms with van der Waals surface area (Å²) in [5.74, 6) is 1.10. The van der Waals surface area contributed by atoms with Gasteiger partial charge in [-0.3, -0.25) is 0 Å². The first-order valence-corrected chi connectivity index (χ1v) is 10.1. The average Bonchev–Trinajstić information content (AvgIpc) is 3.33. The molecule has 0 bridgehead atoms. The number of para-hydroxylation sites is 1. The van der Waals surface area contributed by atoms with Crippen molar-refractivity contribution in [3.63, 3.8) is 0 Å². The molecule has 0 radical (unpaired) electrons. The number of hydrogen-bond acceptors (Lipinski definition) is 8. The first kappa shape index (κ1) is 17.7. The first-order chi connectivity index (χ1) is 13.2. The second-order valence-corrected chi connectivity index (χ2v) is 8.50. The van der Waals surface area contributed by atoms with E-state index in [0.717, 1.165) is 20.7 Å². The lowest BCUT2D eigenvalue weighted by Gasteiger charge is -2.02. The quantitative estimate of drug-likeness (QED) is 0.432. The van der Waals surface area contributed by atoms with E-state index in [9.17, 15) is 0 Å². The van der Waals surface area contributed by atoms with Crippen molar-refractivity contribution in [2.75, 3.05) is 5.32 Å². The van der Waals surface area contributed by atoms with Crippen LogP contribution in [0.5, 0.6) is 0 Å². The Labute approximate surface area is 165 Å². The summed E-state index contributed by atoms with van der Waals surface area (Å²) < 4.78 is 6.69. The van der Waals surface area contributed by atoms with Crippen molar-refractivity contribution >= 4 is 33.9 Å². The number of nitrogens with one attached hydrogen (secondary N) is 1. The van der Waals surface area contributed by atoms with Crippen LogP contribution in [0.4, 0.5) is 10.8 Å². The maximum absolute atomic E-state index is 5.84. The predicted molar refractivity (Wildman–Crippen MR) is 108 cm³/mol. The molecule has 0 aliphatic rings. The Hall–Kier alpha value is -2.71. The van der Waals surface area contributed by atoms with Gasteiger partial charge in [0.1, 0.15) is 0 Å². The highest BCUT2D eigenvalue weighted by molar-refractivity contribution is 8.01. The van der Waals surface area contributed by atoms with Crippen LogP contribution in [0.25, 0.3) is 11.5 Å². The molecule has 0 saturated carbocycles. The number of benzene rings is 2. The van der Waals surface area contributed by atoms with Crippen molar-refractivity contribution in [2.24, 2.45) is 0 Å². The van der Waals surface area contributed by atoms with Crippen molar-refractivity contribution in [3.8, 4) is 11.5 Å². The van der Waals surface area contributed by atoms with Gasteiger partial charge in [0.2, 0.25) is 16.9 Å². The molecule has 2 heterocycles. The molecule has 0 saturated heterocycles. The van der Waals surface area contributed by atoms with Crippen molar-refractivity contribution in [2.45, 2.75) is 23.4 Å². The number of nitrogens with zero attached hydrogens (tertiary/aromatic N) is 4. The lowest BCUT2D eigenvalue weighted by atomic mass is 10.1. The number of aryl methyl sites for hydroxylation is 1. The minimum atomic E-state index is -0.0192. The molecular formula is C19H17N5OS2. The van der Waals surface area contributed by atoms with Crippen LogP contribution in [-0.2, 0) is 0 Å². The molecular weight excluding hydrogens is 378 g/mol. The molecule has 27 heavy (non-hydrogen) atoms. The third kappa shape index (κ3) is 4.35. The summed E-state index contributed by atoms with van der Waals surface area (Å²) in [6.45, 7) is 4.06. The summed E-state index contributed by atoms with van der Waals surface area (Å²) in [4.78, 5) is 0. The highest BCUT2D eigenvalue weighted by Crippen LogP contribution is 2.38. The number of thioether (sulfide) groups is 1. The lowest BCUT2D eigenvalue weighted by molar-refractivity contribution is 0.509. The van der Waals surface area contributed by atoms with E-state index in [1.165, 1.54) is 16.9 Å². The standard InChI is InChI=1S/C19H17N5OS2/c1-12-8-10-14(11-9-12)17-22-21-16(25-17)13(2)26-19-24-23-18(27-19)20-15-6-4-3-5-7-15/h3-11,13H,1-2H3,(H,20,23)/t13-/m0/s1. The number of rotatable bonds is 6. The van der Waals surface area contributed by atoms with Crippen LogP contribution in [0.3, 0.4) is 0 Å². The summed E-state index contributed by atoms with van der Waals surface area (Å²) in [6, 6.07) is 17.9. The summed E-state index contributed by atoms with van der Waals surface area (Å²) in [5.41, 5.74) is 3.10. The van der Waals surface area contributed by atoms with E-state index < -0.39 is 0 Å². The van der Waals surface area contributed by atoms with Gasteiger partial charge in [0.05, 0.1) is 5.25 Å². The van der Waals surface area contributed by atoms with Crippen LogP contribution < -0.4 is 5.32 Å². The molecule has 2 aromatic carbocycles. The van der Waals surface area contributed by atoms with Gasteiger partial charge in [-0.25, -0.2) is 0 Å². The summed E-state index contributed by atoms with van der Waals surface area (Å²) in [7, 11) is 0. The van der Waals surface area contributed by atoms with Crippen LogP contribution in [-0.4, -0.2) is 20.4 Å². The monoisotopic (exact) mass is 395 g/mol. The van der Waals surface area contributed by atoms with E-state index in [1.54, 1.807) is 11.8 Å². The van der Waals surface area contributed by atoms with Crippen LogP contribution in [0.15, 0.2) is 63.4 Å². The molecule has 0 unspecified atom stereocenters. The summed E-state index contributed by atoms with van der Waals surface area (Å²) in [6.07, 6.45) is 0. The average molecular weight is 396 g/mol. The second kappa shape index (κ2) is 7.89. The van der Waals surface area contributed by atoms with Gasteiger partial charge >= 0.3 is 0 Å². The molecule has 0 fully saturated rings. The molecule has 0 aliphatic heterocycles.